The Hall–Kier alpha value is -1.17. The molecule has 0 saturated heterocycles. The second kappa shape index (κ2) is 6.84. The van der Waals surface area contributed by atoms with Crippen LogP contribution in [0.3, 0.4) is 0 Å². The summed E-state index contributed by atoms with van der Waals surface area (Å²) in [4.78, 5) is 8.65. The highest BCUT2D eigenvalue weighted by atomic mass is 32.2. The Morgan fingerprint density at radius 2 is 1.95 bits per heavy atom. The van der Waals surface area contributed by atoms with Crippen molar-refractivity contribution in [1.82, 2.24) is 9.97 Å². The number of rotatable bonds is 6. The molecule has 6 heteroatoms. The van der Waals surface area contributed by atoms with E-state index in [0.29, 0.717) is 29.0 Å². The van der Waals surface area contributed by atoms with Gasteiger partial charge in [0.2, 0.25) is 17.7 Å². The number of aromatic nitrogens is 2. The van der Waals surface area contributed by atoms with Crippen molar-refractivity contribution in [2.24, 2.45) is 0 Å². The normalized spacial score (nSPS) is 22.3. The second-order valence-electron chi connectivity index (χ2n) is 4.45. The van der Waals surface area contributed by atoms with Gasteiger partial charge in [-0.2, -0.15) is 21.7 Å². The van der Waals surface area contributed by atoms with E-state index < -0.39 is 0 Å². The standard InChI is InChI=1S/C13H21N3O2S/c1-4-19-10-7-5-6-9(10)14-13-15-11(17-2)8-12(16-13)18-3/h8-10H,4-7H2,1-3H3,(H,14,15,16). The van der Waals surface area contributed by atoms with Crippen LogP contribution < -0.4 is 14.8 Å². The molecule has 1 aromatic rings. The number of nitrogens with one attached hydrogen (secondary N) is 1. The fourth-order valence-corrected chi connectivity index (χ4v) is 3.55. The molecular weight excluding hydrogens is 262 g/mol. The lowest BCUT2D eigenvalue weighted by Gasteiger charge is -2.20. The first-order valence-electron chi connectivity index (χ1n) is 6.62. The maximum atomic E-state index is 5.16. The van der Waals surface area contributed by atoms with Gasteiger partial charge in [0.05, 0.1) is 20.3 Å². The molecule has 1 heterocycles. The van der Waals surface area contributed by atoms with E-state index in [0.717, 1.165) is 5.75 Å². The number of anilines is 1. The minimum absolute atomic E-state index is 0.432. The Morgan fingerprint density at radius 3 is 2.53 bits per heavy atom. The number of nitrogens with zero attached hydrogens (tertiary/aromatic N) is 2. The number of ether oxygens (including phenoxy) is 2. The molecule has 0 bridgehead atoms. The molecule has 0 spiro atoms. The first-order chi connectivity index (χ1) is 9.26. The largest absolute Gasteiger partial charge is 0.481 e. The molecule has 1 aliphatic rings. The third kappa shape index (κ3) is 3.65. The Kier molecular flexibility index (Phi) is 5.13. The smallest absolute Gasteiger partial charge is 0.229 e. The number of hydrogen-bond donors (Lipinski definition) is 1. The van der Waals surface area contributed by atoms with Crippen molar-refractivity contribution in [2.75, 3.05) is 25.3 Å². The van der Waals surface area contributed by atoms with Crippen molar-refractivity contribution < 1.29 is 9.47 Å². The van der Waals surface area contributed by atoms with Gasteiger partial charge in [0.25, 0.3) is 0 Å². The van der Waals surface area contributed by atoms with Gasteiger partial charge in [0, 0.05) is 11.3 Å². The maximum Gasteiger partial charge on any atom is 0.229 e. The summed E-state index contributed by atoms with van der Waals surface area (Å²) in [6, 6.07) is 2.11. The number of methoxy groups -OCH3 is 2. The zero-order chi connectivity index (χ0) is 13.7. The maximum absolute atomic E-state index is 5.16. The summed E-state index contributed by atoms with van der Waals surface area (Å²) in [5.41, 5.74) is 0. The van der Waals surface area contributed by atoms with E-state index in [1.54, 1.807) is 20.3 Å². The lowest BCUT2D eigenvalue weighted by molar-refractivity contribution is 0.372. The van der Waals surface area contributed by atoms with Gasteiger partial charge in [-0.05, 0) is 18.6 Å². The van der Waals surface area contributed by atoms with Crippen LogP contribution in [0.15, 0.2) is 6.07 Å². The summed E-state index contributed by atoms with van der Waals surface area (Å²) in [5, 5.41) is 4.07. The van der Waals surface area contributed by atoms with Crippen molar-refractivity contribution in [3.05, 3.63) is 6.07 Å². The molecule has 1 fully saturated rings. The molecule has 19 heavy (non-hydrogen) atoms. The molecule has 2 rings (SSSR count). The Bertz CT molecular complexity index is 395. The van der Waals surface area contributed by atoms with E-state index >= 15 is 0 Å². The van der Waals surface area contributed by atoms with Crippen LogP contribution in [0.25, 0.3) is 0 Å². The van der Waals surface area contributed by atoms with Gasteiger partial charge in [-0.1, -0.05) is 13.3 Å². The van der Waals surface area contributed by atoms with Crippen molar-refractivity contribution in [2.45, 2.75) is 37.5 Å². The van der Waals surface area contributed by atoms with Crippen LogP contribution in [0.2, 0.25) is 0 Å². The molecule has 0 aliphatic heterocycles. The summed E-state index contributed by atoms with van der Waals surface area (Å²) in [7, 11) is 3.19. The van der Waals surface area contributed by atoms with E-state index in [1.807, 2.05) is 11.8 Å². The number of thioether (sulfide) groups is 1. The van der Waals surface area contributed by atoms with Crippen molar-refractivity contribution in [1.29, 1.82) is 0 Å². The van der Waals surface area contributed by atoms with E-state index in [2.05, 4.69) is 22.2 Å². The molecule has 106 valence electrons. The average molecular weight is 283 g/mol. The molecule has 2 atom stereocenters. The van der Waals surface area contributed by atoms with E-state index in [1.165, 1.54) is 19.3 Å². The number of hydrogen-bond acceptors (Lipinski definition) is 6. The highest BCUT2D eigenvalue weighted by Crippen LogP contribution is 2.32. The van der Waals surface area contributed by atoms with Crippen LogP contribution in [-0.4, -0.2) is 41.2 Å². The zero-order valence-electron chi connectivity index (χ0n) is 11.7. The molecule has 0 radical (unpaired) electrons. The Balaban J connectivity index is 2.09. The average Bonchev–Trinajstić information content (AvgIpc) is 2.86. The molecule has 1 aliphatic carbocycles. The first kappa shape index (κ1) is 14.2. The minimum Gasteiger partial charge on any atom is -0.481 e. The van der Waals surface area contributed by atoms with Crippen LogP contribution >= 0.6 is 11.8 Å². The van der Waals surface area contributed by atoms with Gasteiger partial charge in [0.15, 0.2) is 0 Å². The second-order valence-corrected chi connectivity index (χ2v) is 5.97. The van der Waals surface area contributed by atoms with Gasteiger partial charge in [-0.15, -0.1) is 0 Å². The van der Waals surface area contributed by atoms with Crippen LogP contribution in [0.5, 0.6) is 11.8 Å². The molecule has 1 aromatic heterocycles. The summed E-state index contributed by atoms with van der Waals surface area (Å²) < 4.78 is 10.3. The molecule has 0 amide bonds. The van der Waals surface area contributed by atoms with Gasteiger partial charge in [0.1, 0.15) is 0 Å². The monoisotopic (exact) mass is 283 g/mol. The van der Waals surface area contributed by atoms with E-state index in [4.69, 9.17) is 9.47 Å². The van der Waals surface area contributed by atoms with E-state index in [-0.39, 0.29) is 0 Å². The minimum atomic E-state index is 0.432. The van der Waals surface area contributed by atoms with Crippen LogP contribution in [0.4, 0.5) is 5.95 Å². The summed E-state index contributed by atoms with van der Waals surface area (Å²) >= 11 is 2.01. The Labute approximate surface area is 118 Å². The molecule has 2 unspecified atom stereocenters. The highest BCUT2D eigenvalue weighted by molar-refractivity contribution is 7.99. The van der Waals surface area contributed by atoms with Gasteiger partial charge in [-0.3, -0.25) is 0 Å². The fourth-order valence-electron chi connectivity index (χ4n) is 2.35. The molecule has 1 saturated carbocycles. The third-order valence-corrected chi connectivity index (χ3v) is 4.57. The quantitative estimate of drug-likeness (QED) is 0.866. The van der Waals surface area contributed by atoms with Crippen LogP contribution in [-0.2, 0) is 0 Å². The molecular formula is C13H21N3O2S. The lowest BCUT2D eigenvalue weighted by atomic mass is 10.2. The van der Waals surface area contributed by atoms with E-state index in [9.17, 15) is 0 Å². The van der Waals surface area contributed by atoms with Crippen LogP contribution in [0.1, 0.15) is 26.2 Å². The summed E-state index contributed by atoms with van der Waals surface area (Å²) in [6.45, 7) is 2.20. The van der Waals surface area contributed by atoms with Crippen molar-refractivity contribution >= 4 is 17.7 Å². The zero-order valence-corrected chi connectivity index (χ0v) is 12.5. The van der Waals surface area contributed by atoms with Gasteiger partial charge in [-0.25, -0.2) is 0 Å². The first-order valence-corrected chi connectivity index (χ1v) is 7.67. The van der Waals surface area contributed by atoms with Crippen molar-refractivity contribution in [3.63, 3.8) is 0 Å². The van der Waals surface area contributed by atoms with Gasteiger partial charge >= 0.3 is 0 Å². The van der Waals surface area contributed by atoms with Gasteiger partial charge < -0.3 is 14.8 Å². The Morgan fingerprint density at radius 1 is 1.26 bits per heavy atom. The fraction of sp³-hybridized carbons (Fsp3) is 0.692. The third-order valence-electron chi connectivity index (χ3n) is 3.25. The highest BCUT2D eigenvalue weighted by Gasteiger charge is 2.27. The molecule has 1 N–H and O–H groups in total. The predicted molar refractivity (Wildman–Crippen MR) is 78.3 cm³/mol. The van der Waals surface area contributed by atoms with Crippen LogP contribution in [0, 0.1) is 0 Å². The predicted octanol–water partition coefficient (Wildman–Crippen LogP) is 2.58. The summed E-state index contributed by atoms with van der Waals surface area (Å²) in [6.07, 6.45) is 3.69. The lowest BCUT2D eigenvalue weighted by Crippen LogP contribution is -2.27. The summed E-state index contributed by atoms with van der Waals surface area (Å²) in [5.74, 6) is 2.77. The topological polar surface area (TPSA) is 56.3 Å². The van der Waals surface area contributed by atoms with Crippen molar-refractivity contribution in [3.8, 4) is 11.8 Å². The molecule has 0 aromatic carbocycles. The molecule has 5 nitrogen and oxygen atoms in total. The SMILES string of the molecule is CCSC1CCCC1Nc1nc(OC)cc(OC)n1.